The van der Waals surface area contributed by atoms with Gasteiger partial charge in [0.05, 0.1) is 22.1 Å². The highest BCUT2D eigenvalue weighted by molar-refractivity contribution is 7.85. The van der Waals surface area contributed by atoms with E-state index in [0.29, 0.717) is 0 Å². The van der Waals surface area contributed by atoms with Crippen molar-refractivity contribution >= 4 is 83.1 Å². The van der Waals surface area contributed by atoms with E-state index in [1.165, 1.54) is 5.39 Å². The van der Waals surface area contributed by atoms with Crippen molar-refractivity contribution in [1.82, 2.24) is 14.4 Å². The van der Waals surface area contributed by atoms with Gasteiger partial charge in [0.15, 0.2) is 7.14 Å². The highest BCUT2D eigenvalue weighted by atomic mass is 31.2. The normalized spacial score (nSPS) is 13.4. The van der Waals surface area contributed by atoms with Crippen molar-refractivity contribution in [3.05, 3.63) is 146 Å². The molecule has 3 aromatic heterocycles. The topological polar surface area (TPSA) is 47.3 Å². The molecule has 6 aromatic carbocycles. The summed E-state index contributed by atoms with van der Waals surface area (Å²) in [7, 11) is -3.24. The Morgan fingerprint density at radius 2 is 1.19 bits per heavy atom. The number of nitrogens with zero attached hydrogens (tertiary/aromatic N) is 3. The Balaban J connectivity index is 1.35. The lowest BCUT2D eigenvalue weighted by Crippen LogP contribution is -2.25. The van der Waals surface area contributed by atoms with Crippen LogP contribution in [-0.2, 0) is 4.57 Å². The first kappa shape index (κ1) is 24.3. The van der Waals surface area contributed by atoms with Crippen molar-refractivity contribution in [2.24, 2.45) is 0 Å². The average Bonchev–Trinajstić information content (AvgIpc) is 3.47. The van der Waals surface area contributed by atoms with Gasteiger partial charge in [0.2, 0.25) is 0 Å². The molecule has 0 fully saturated rings. The largest absolute Gasteiger partial charge is 0.309 e. The summed E-state index contributed by atoms with van der Waals surface area (Å²) in [6.07, 6.45) is 1.78. The van der Waals surface area contributed by atoms with Crippen LogP contribution < -0.4 is 15.9 Å². The van der Waals surface area contributed by atoms with Gasteiger partial charge in [0.25, 0.3) is 0 Å². The molecule has 4 nitrogen and oxygen atoms in total. The average molecular weight is 570 g/mol. The summed E-state index contributed by atoms with van der Waals surface area (Å²) in [5, 5.41) is 8.81. The van der Waals surface area contributed by atoms with E-state index in [0.717, 1.165) is 70.6 Å². The van der Waals surface area contributed by atoms with Crippen LogP contribution in [0.4, 0.5) is 0 Å². The predicted molar refractivity (Wildman–Crippen MR) is 180 cm³/mol. The van der Waals surface area contributed by atoms with Gasteiger partial charge in [-0.15, -0.1) is 0 Å². The van der Waals surface area contributed by atoms with Gasteiger partial charge in [-0.1, -0.05) is 91.0 Å². The van der Waals surface area contributed by atoms with Gasteiger partial charge >= 0.3 is 0 Å². The Hall–Kier alpha value is -5.31. The summed E-state index contributed by atoms with van der Waals surface area (Å²) < 4.78 is 17.7. The van der Waals surface area contributed by atoms with Crippen molar-refractivity contribution in [2.75, 3.05) is 0 Å². The predicted octanol–water partition coefficient (Wildman–Crippen LogP) is 8.13. The first-order valence-corrected chi connectivity index (χ1v) is 16.1. The zero-order valence-electron chi connectivity index (χ0n) is 23.1. The Morgan fingerprint density at radius 1 is 0.488 bits per heavy atom. The van der Waals surface area contributed by atoms with Gasteiger partial charge in [0.1, 0.15) is 5.65 Å². The molecule has 0 saturated heterocycles. The van der Waals surface area contributed by atoms with E-state index >= 15 is 4.57 Å². The quantitative estimate of drug-likeness (QED) is 0.123. The van der Waals surface area contributed by atoms with Gasteiger partial charge in [-0.2, -0.15) is 0 Å². The number of benzene rings is 6. The minimum Gasteiger partial charge on any atom is -0.309 e. The Labute approximate surface area is 247 Å². The molecule has 0 aliphatic heterocycles. The number of hydrogen-bond donors (Lipinski definition) is 0. The van der Waals surface area contributed by atoms with E-state index < -0.39 is 7.14 Å². The standard InChI is InChI=1S/C38H24N3OP/c42-43(28-11-2-1-3-12-28,30-20-26-10-4-6-14-34(26)39-24-30)29-19-18-25-22-32-31-13-5-8-16-36(31)41-37-17-9-7-15-35(37)40-38(41)33(32)23-27(25)21-29/h1-24H. The summed E-state index contributed by atoms with van der Waals surface area (Å²) in [5.74, 6) is 0. The Morgan fingerprint density at radius 3 is 2.07 bits per heavy atom. The number of pyridine rings is 2. The van der Waals surface area contributed by atoms with Gasteiger partial charge in [-0.3, -0.25) is 9.38 Å². The van der Waals surface area contributed by atoms with Crippen molar-refractivity contribution in [3.8, 4) is 0 Å². The lowest BCUT2D eigenvalue weighted by atomic mass is 10.0. The third kappa shape index (κ3) is 3.54. The first-order valence-electron chi connectivity index (χ1n) is 14.4. The van der Waals surface area contributed by atoms with Crippen molar-refractivity contribution in [3.63, 3.8) is 0 Å². The van der Waals surface area contributed by atoms with Crippen LogP contribution in [0.3, 0.4) is 0 Å². The van der Waals surface area contributed by atoms with E-state index in [1.807, 2.05) is 72.8 Å². The van der Waals surface area contributed by atoms with E-state index in [1.54, 1.807) is 6.20 Å². The SMILES string of the molecule is O=P(c1ccccc1)(c1ccc2cc3c4ccccc4n4c5ccccc5nc4c3cc2c1)c1cnc2ccccc2c1. The number of para-hydroxylation sites is 4. The zero-order valence-corrected chi connectivity index (χ0v) is 23.9. The second-order valence-corrected chi connectivity index (χ2v) is 13.8. The molecule has 9 aromatic rings. The molecule has 9 rings (SSSR count). The number of aromatic nitrogens is 3. The van der Waals surface area contributed by atoms with Gasteiger partial charge in [-0.25, -0.2) is 4.98 Å². The van der Waals surface area contributed by atoms with Crippen LogP contribution in [0.15, 0.2) is 146 Å². The summed E-state index contributed by atoms with van der Waals surface area (Å²) in [5.41, 5.74) is 4.99. The smallest absolute Gasteiger partial charge is 0.172 e. The fraction of sp³-hybridized carbons (Fsp3) is 0. The lowest BCUT2D eigenvalue weighted by Gasteiger charge is -2.21. The lowest BCUT2D eigenvalue weighted by molar-refractivity contribution is 0.592. The molecule has 1 unspecified atom stereocenters. The molecule has 0 saturated carbocycles. The molecule has 5 heteroatoms. The molecule has 3 heterocycles. The van der Waals surface area contributed by atoms with Gasteiger partial charge in [0, 0.05) is 38.3 Å². The van der Waals surface area contributed by atoms with E-state index in [2.05, 4.69) is 71.1 Å². The second-order valence-electron chi connectivity index (χ2n) is 11.0. The summed E-state index contributed by atoms with van der Waals surface area (Å²) in [6.45, 7) is 0. The van der Waals surface area contributed by atoms with Crippen LogP contribution in [0.5, 0.6) is 0 Å². The molecule has 0 radical (unpaired) electrons. The zero-order chi connectivity index (χ0) is 28.5. The third-order valence-electron chi connectivity index (χ3n) is 8.62. The molecule has 43 heavy (non-hydrogen) atoms. The molecule has 0 N–H and O–H groups in total. The maximum Gasteiger partial charge on any atom is 0.172 e. The van der Waals surface area contributed by atoms with Crippen LogP contribution in [0.2, 0.25) is 0 Å². The Kier molecular flexibility index (Phi) is 5.14. The molecule has 202 valence electrons. The Bertz CT molecular complexity index is 2610. The van der Waals surface area contributed by atoms with Crippen LogP contribution in [0.1, 0.15) is 0 Å². The van der Waals surface area contributed by atoms with E-state index in [-0.39, 0.29) is 0 Å². The third-order valence-corrected chi connectivity index (χ3v) is 11.6. The molecular weight excluding hydrogens is 545 g/mol. The van der Waals surface area contributed by atoms with Gasteiger partial charge < -0.3 is 4.57 Å². The van der Waals surface area contributed by atoms with Gasteiger partial charge in [-0.05, 0) is 64.7 Å². The molecule has 0 aliphatic rings. The molecule has 0 spiro atoms. The molecule has 0 amide bonds. The number of imidazole rings is 1. The van der Waals surface area contributed by atoms with Crippen LogP contribution in [-0.4, -0.2) is 14.4 Å². The van der Waals surface area contributed by atoms with Crippen molar-refractivity contribution < 1.29 is 4.57 Å². The minimum atomic E-state index is -3.24. The highest BCUT2D eigenvalue weighted by Gasteiger charge is 2.30. The van der Waals surface area contributed by atoms with E-state index in [9.17, 15) is 0 Å². The monoisotopic (exact) mass is 569 g/mol. The number of rotatable bonds is 3. The molecule has 0 aliphatic carbocycles. The first-order chi connectivity index (χ1) is 21.2. The summed E-state index contributed by atoms with van der Waals surface area (Å²) >= 11 is 0. The second kappa shape index (κ2) is 9.09. The summed E-state index contributed by atoms with van der Waals surface area (Å²) in [6, 6.07) is 47.3. The molecule has 1 atom stereocenters. The van der Waals surface area contributed by atoms with Crippen LogP contribution in [0.25, 0.3) is 60.0 Å². The fourth-order valence-electron chi connectivity index (χ4n) is 6.55. The number of hydrogen-bond acceptors (Lipinski definition) is 3. The highest BCUT2D eigenvalue weighted by Crippen LogP contribution is 2.44. The van der Waals surface area contributed by atoms with Crippen molar-refractivity contribution in [1.29, 1.82) is 0 Å². The fourth-order valence-corrected chi connectivity index (χ4v) is 9.19. The number of fused-ring (bicyclic) bond motifs is 10. The molecule has 0 bridgehead atoms. The van der Waals surface area contributed by atoms with E-state index in [4.69, 9.17) is 9.97 Å². The van der Waals surface area contributed by atoms with Crippen molar-refractivity contribution in [2.45, 2.75) is 0 Å². The minimum absolute atomic E-state index is 0.727. The maximum atomic E-state index is 15.4. The van der Waals surface area contributed by atoms with Crippen LogP contribution in [0, 0.1) is 0 Å². The molecular formula is C38H24N3OP. The van der Waals surface area contributed by atoms with Crippen LogP contribution >= 0.6 is 7.14 Å². The maximum absolute atomic E-state index is 15.4. The summed E-state index contributed by atoms with van der Waals surface area (Å²) in [4.78, 5) is 9.80.